The lowest BCUT2D eigenvalue weighted by atomic mass is 9.97. The van der Waals surface area contributed by atoms with Gasteiger partial charge < -0.3 is 9.47 Å². The van der Waals surface area contributed by atoms with E-state index in [0.717, 1.165) is 22.7 Å². The number of benzene rings is 11. The number of fused-ring (bicyclic) bond motifs is 9. The average Bonchev–Trinajstić information content (AvgIpc) is 3.93. The third kappa shape index (κ3) is 6.24. The van der Waals surface area contributed by atoms with Crippen LogP contribution in [-0.4, -0.2) is 4.57 Å². The first-order valence-corrected chi connectivity index (χ1v) is 23.1. The number of aromatic nitrogens is 1. The molecule has 0 atom stereocenters. The highest BCUT2D eigenvalue weighted by atomic mass is 32.1. The molecule has 11 aromatic carbocycles. The zero-order valence-electron chi connectivity index (χ0n) is 35.4. The van der Waals surface area contributed by atoms with Gasteiger partial charge in [-0.1, -0.05) is 176 Å². The van der Waals surface area contributed by atoms with Crippen LogP contribution in [-0.2, 0) is 0 Å². The Bertz CT molecular complexity index is 3910. The van der Waals surface area contributed by atoms with E-state index in [1.807, 2.05) is 11.3 Å². The number of anilines is 3. The summed E-state index contributed by atoms with van der Waals surface area (Å²) >= 11 is 1.86. The van der Waals surface area contributed by atoms with Gasteiger partial charge in [-0.15, -0.1) is 11.3 Å². The van der Waals surface area contributed by atoms with Crippen molar-refractivity contribution in [3.63, 3.8) is 0 Å². The normalized spacial score (nSPS) is 11.7. The van der Waals surface area contributed by atoms with Crippen LogP contribution in [0.3, 0.4) is 0 Å². The minimum atomic E-state index is 1.09. The summed E-state index contributed by atoms with van der Waals surface area (Å²) < 4.78 is 5.08. The van der Waals surface area contributed by atoms with Crippen molar-refractivity contribution in [2.24, 2.45) is 0 Å². The summed E-state index contributed by atoms with van der Waals surface area (Å²) in [7, 11) is 0. The summed E-state index contributed by atoms with van der Waals surface area (Å²) in [6, 6.07) is 88.9. The van der Waals surface area contributed by atoms with Gasteiger partial charge in [0.25, 0.3) is 0 Å². The van der Waals surface area contributed by atoms with Crippen LogP contribution in [0.1, 0.15) is 0 Å². The van der Waals surface area contributed by atoms with Crippen LogP contribution in [0.4, 0.5) is 17.1 Å². The molecular weight excluding hydrogens is 805 g/mol. The Morgan fingerprint density at radius 2 is 0.846 bits per heavy atom. The number of rotatable bonds is 7. The number of para-hydroxylation sites is 1. The van der Waals surface area contributed by atoms with Crippen molar-refractivity contribution in [2.45, 2.75) is 0 Å². The summed E-state index contributed by atoms with van der Waals surface area (Å²) in [5, 5.41) is 10.2. The van der Waals surface area contributed by atoms with Crippen LogP contribution in [0.25, 0.3) is 103 Å². The number of nitrogens with zero attached hydrogens (tertiary/aromatic N) is 2. The van der Waals surface area contributed by atoms with E-state index in [2.05, 4.69) is 252 Å². The molecule has 13 aromatic rings. The van der Waals surface area contributed by atoms with E-state index in [1.165, 1.54) is 96.9 Å². The van der Waals surface area contributed by atoms with Crippen molar-refractivity contribution < 1.29 is 0 Å². The van der Waals surface area contributed by atoms with E-state index in [9.17, 15) is 0 Å². The highest BCUT2D eigenvalue weighted by Crippen LogP contribution is 2.43. The molecule has 2 heterocycles. The third-order valence-electron chi connectivity index (χ3n) is 13.2. The lowest BCUT2D eigenvalue weighted by molar-refractivity contribution is 1.19. The molecule has 0 saturated carbocycles. The number of hydrogen-bond acceptors (Lipinski definition) is 2. The molecule has 0 aliphatic carbocycles. The van der Waals surface area contributed by atoms with E-state index in [4.69, 9.17) is 0 Å². The Labute approximate surface area is 381 Å². The molecule has 0 aliphatic heterocycles. The standard InChI is InChI=1S/C62H40N2S/c1-2-15-47(16-3-1)64-58-40-46(31-38-55(58)56-39-30-43-13-5-7-18-54(43)62(56)64)41-24-32-48(33-25-41)63(49-34-26-44(27-35-49)52-20-10-14-42-12-4-6-17-51(42)52)50-36-28-45(29-37-50)53-21-11-23-60-61(53)57-19-8-9-22-59(57)65-60/h1-40H. The molecule has 3 heteroatoms. The maximum absolute atomic E-state index is 2.44. The van der Waals surface area contributed by atoms with Crippen LogP contribution >= 0.6 is 11.3 Å². The van der Waals surface area contributed by atoms with Crippen molar-refractivity contribution in [1.29, 1.82) is 0 Å². The fourth-order valence-corrected chi connectivity index (χ4v) is 11.3. The Balaban J connectivity index is 0.919. The van der Waals surface area contributed by atoms with Gasteiger partial charge in [-0.25, -0.2) is 0 Å². The topological polar surface area (TPSA) is 8.17 Å². The first-order valence-electron chi connectivity index (χ1n) is 22.2. The van der Waals surface area contributed by atoms with Crippen molar-refractivity contribution in [1.82, 2.24) is 4.57 Å². The lowest BCUT2D eigenvalue weighted by Gasteiger charge is -2.26. The zero-order valence-corrected chi connectivity index (χ0v) is 36.2. The zero-order chi connectivity index (χ0) is 42.8. The van der Waals surface area contributed by atoms with Gasteiger partial charge in [-0.3, -0.25) is 0 Å². The molecule has 0 fully saturated rings. The average molecular weight is 845 g/mol. The Morgan fingerprint density at radius 3 is 1.58 bits per heavy atom. The van der Waals surface area contributed by atoms with Crippen molar-refractivity contribution in [3.8, 4) is 39.1 Å². The van der Waals surface area contributed by atoms with Gasteiger partial charge in [0.05, 0.1) is 11.0 Å². The van der Waals surface area contributed by atoms with E-state index in [-0.39, 0.29) is 0 Å². The van der Waals surface area contributed by atoms with Crippen LogP contribution < -0.4 is 4.90 Å². The Kier molecular flexibility index (Phi) is 8.75. The van der Waals surface area contributed by atoms with Gasteiger partial charge in [-0.05, 0) is 116 Å². The molecule has 2 aromatic heterocycles. The van der Waals surface area contributed by atoms with Gasteiger partial charge in [0.15, 0.2) is 0 Å². The van der Waals surface area contributed by atoms with Gasteiger partial charge in [-0.2, -0.15) is 0 Å². The fraction of sp³-hybridized carbons (Fsp3) is 0. The first kappa shape index (κ1) is 37.3. The largest absolute Gasteiger partial charge is 0.311 e. The van der Waals surface area contributed by atoms with E-state index < -0.39 is 0 Å². The molecule has 0 N–H and O–H groups in total. The molecule has 0 aliphatic rings. The molecule has 0 bridgehead atoms. The van der Waals surface area contributed by atoms with Crippen molar-refractivity contribution >= 4 is 91.9 Å². The molecule has 304 valence electrons. The van der Waals surface area contributed by atoms with Gasteiger partial charge in [0.1, 0.15) is 0 Å². The van der Waals surface area contributed by atoms with Crippen LogP contribution in [0.5, 0.6) is 0 Å². The SMILES string of the molecule is c1ccc(-n2c3cc(-c4ccc(N(c5ccc(-c6cccc7ccccc67)cc5)c5ccc(-c6cccc7sc8ccccc8c67)cc5)cc4)ccc3c3ccc4ccccc4c32)cc1. The van der Waals surface area contributed by atoms with Crippen molar-refractivity contribution in [2.75, 3.05) is 4.90 Å². The van der Waals surface area contributed by atoms with Crippen molar-refractivity contribution in [3.05, 3.63) is 243 Å². The van der Waals surface area contributed by atoms with Crippen LogP contribution in [0.2, 0.25) is 0 Å². The molecule has 65 heavy (non-hydrogen) atoms. The molecule has 2 nitrogen and oxygen atoms in total. The summed E-state index contributed by atoms with van der Waals surface area (Å²) in [6.07, 6.45) is 0. The molecular formula is C62H40N2S. The molecule has 0 saturated heterocycles. The molecule has 13 rings (SSSR count). The second-order valence-corrected chi connectivity index (χ2v) is 17.9. The monoisotopic (exact) mass is 844 g/mol. The maximum atomic E-state index is 2.44. The van der Waals surface area contributed by atoms with Crippen LogP contribution in [0, 0.1) is 0 Å². The lowest BCUT2D eigenvalue weighted by Crippen LogP contribution is -2.09. The quantitative estimate of drug-likeness (QED) is 0.155. The summed E-state index contributed by atoms with van der Waals surface area (Å²) in [5.41, 5.74) is 14.1. The van der Waals surface area contributed by atoms with Gasteiger partial charge in [0, 0.05) is 59.1 Å². The summed E-state index contributed by atoms with van der Waals surface area (Å²) in [4.78, 5) is 2.38. The first-order chi connectivity index (χ1) is 32.2. The fourth-order valence-electron chi connectivity index (χ4n) is 10.1. The second kappa shape index (κ2) is 15.2. The molecule has 0 spiro atoms. The Hall–Kier alpha value is -8.24. The molecule has 0 radical (unpaired) electrons. The highest BCUT2D eigenvalue weighted by molar-refractivity contribution is 7.25. The predicted octanol–water partition coefficient (Wildman–Crippen LogP) is 17.9. The second-order valence-electron chi connectivity index (χ2n) is 16.9. The number of thiophene rings is 1. The smallest absolute Gasteiger partial charge is 0.0619 e. The van der Waals surface area contributed by atoms with E-state index >= 15 is 0 Å². The van der Waals surface area contributed by atoms with E-state index in [1.54, 1.807) is 0 Å². The summed E-state index contributed by atoms with van der Waals surface area (Å²) in [6.45, 7) is 0. The van der Waals surface area contributed by atoms with Crippen LogP contribution in [0.15, 0.2) is 243 Å². The third-order valence-corrected chi connectivity index (χ3v) is 14.3. The maximum Gasteiger partial charge on any atom is 0.0619 e. The predicted molar refractivity (Wildman–Crippen MR) is 280 cm³/mol. The molecule has 0 unspecified atom stereocenters. The minimum absolute atomic E-state index is 1.09. The summed E-state index contributed by atoms with van der Waals surface area (Å²) in [5.74, 6) is 0. The Morgan fingerprint density at radius 1 is 0.323 bits per heavy atom. The minimum Gasteiger partial charge on any atom is -0.311 e. The highest BCUT2D eigenvalue weighted by Gasteiger charge is 2.18. The molecule has 0 amide bonds. The van der Waals surface area contributed by atoms with E-state index in [0.29, 0.717) is 0 Å². The van der Waals surface area contributed by atoms with Gasteiger partial charge in [0.2, 0.25) is 0 Å². The van der Waals surface area contributed by atoms with Gasteiger partial charge >= 0.3 is 0 Å². The number of hydrogen-bond donors (Lipinski definition) is 0.